The zero-order chi connectivity index (χ0) is 16.7. The summed E-state index contributed by atoms with van der Waals surface area (Å²) in [4.78, 5) is 23.8. The van der Waals surface area contributed by atoms with Crippen LogP contribution >= 0.6 is 11.6 Å². The quantitative estimate of drug-likeness (QED) is 0.442. The van der Waals surface area contributed by atoms with Crippen LogP contribution in [0.1, 0.15) is 23.8 Å². The third-order valence-electron chi connectivity index (χ3n) is 3.11. The van der Waals surface area contributed by atoms with Gasteiger partial charge in [0.05, 0.1) is 0 Å². The SMILES string of the molecule is C=NC=N/C=C(\C)CC(=O)c1ccc(-c2ccc(Cl)cc2)cn1. The van der Waals surface area contributed by atoms with Crippen LogP contribution in [0.4, 0.5) is 0 Å². The lowest BCUT2D eigenvalue weighted by Crippen LogP contribution is -2.02. The summed E-state index contributed by atoms with van der Waals surface area (Å²) in [5.74, 6) is -0.0526. The van der Waals surface area contributed by atoms with E-state index in [2.05, 4.69) is 21.7 Å². The lowest BCUT2D eigenvalue weighted by Gasteiger charge is -2.04. The number of rotatable bonds is 6. The lowest BCUT2D eigenvalue weighted by molar-refractivity contribution is 0.0988. The summed E-state index contributed by atoms with van der Waals surface area (Å²) in [5, 5.41) is 0.685. The third-order valence-corrected chi connectivity index (χ3v) is 3.36. The number of benzene rings is 1. The molecule has 1 aromatic heterocycles. The van der Waals surface area contributed by atoms with E-state index in [9.17, 15) is 4.79 Å². The van der Waals surface area contributed by atoms with Crippen molar-refractivity contribution in [1.29, 1.82) is 0 Å². The molecule has 0 aliphatic rings. The van der Waals surface area contributed by atoms with Crippen molar-refractivity contribution in [2.24, 2.45) is 9.98 Å². The van der Waals surface area contributed by atoms with Crippen molar-refractivity contribution < 1.29 is 4.79 Å². The molecular formula is C18H16ClN3O. The van der Waals surface area contributed by atoms with Gasteiger partial charge >= 0.3 is 0 Å². The van der Waals surface area contributed by atoms with Crippen LogP contribution < -0.4 is 0 Å². The summed E-state index contributed by atoms with van der Waals surface area (Å²) >= 11 is 5.87. The average molecular weight is 326 g/mol. The Kier molecular flexibility index (Phi) is 5.94. The largest absolute Gasteiger partial charge is 0.292 e. The molecule has 116 valence electrons. The molecule has 0 saturated carbocycles. The number of pyridine rings is 1. The van der Waals surface area contributed by atoms with E-state index in [-0.39, 0.29) is 12.2 Å². The molecule has 2 rings (SSSR count). The standard InChI is InChI=1S/C18H16ClN3O/c1-13(10-21-12-20-2)9-18(23)17-8-5-15(11-22-17)14-3-6-16(19)7-4-14/h3-8,10-12H,2,9H2,1H3/b13-10+,21-12?. The van der Waals surface area contributed by atoms with Gasteiger partial charge in [0.2, 0.25) is 0 Å². The lowest BCUT2D eigenvalue weighted by atomic mass is 10.1. The van der Waals surface area contributed by atoms with Gasteiger partial charge in [-0.05, 0) is 43.0 Å². The highest BCUT2D eigenvalue weighted by atomic mass is 35.5. The first-order chi connectivity index (χ1) is 11.1. The van der Waals surface area contributed by atoms with Gasteiger partial charge in [-0.2, -0.15) is 0 Å². The first-order valence-electron chi connectivity index (χ1n) is 6.98. The molecule has 1 aromatic carbocycles. The van der Waals surface area contributed by atoms with Crippen LogP contribution in [0.3, 0.4) is 0 Å². The van der Waals surface area contributed by atoms with Gasteiger partial charge in [-0.1, -0.05) is 29.8 Å². The van der Waals surface area contributed by atoms with Crippen LogP contribution in [0.15, 0.2) is 64.4 Å². The van der Waals surface area contributed by atoms with Gasteiger partial charge in [0.25, 0.3) is 0 Å². The molecule has 1 heterocycles. The van der Waals surface area contributed by atoms with Gasteiger partial charge in [-0.3, -0.25) is 14.8 Å². The van der Waals surface area contributed by atoms with E-state index < -0.39 is 0 Å². The number of halogens is 1. The molecule has 2 aromatic rings. The number of hydrogen-bond acceptors (Lipinski definition) is 3. The predicted octanol–water partition coefficient (Wildman–Crippen LogP) is 4.61. The van der Waals surface area contributed by atoms with Gasteiger partial charge in [-0.15, -0.1) is 0 Å². The molecule has 23 heavy (non-hydrogen) atoms. The maximum absolute atomic E-state index is 12.2. The van der Waals surface area contributed by atoms with E-state index in [0.717, 1.165) is 16.7 Å². The topological polar surface area (TPSA) is 54.7 Å². The Labute approximate surface area is 140 Å². The molecule has 0 aliphatic heterocycles. The van der Waals surface area contributed by atoms with Crippen LogP contribution in [0.25, 0.3) is 11.1 Å². The number of hydrogen-bond donors (Lipinski definition) is 0. The number of Topliss-reactive ketones (excluding diaryl/α,β-unsaturated/α-hetero) is 1. The smallest absolute Gasteiger partial charge is 0.185 e. The van der Waals surface area contributed by atoms with Gasteiger partial charge < -0.3 is 0 Å². The van der Waals surface area contributed by atoms with E-state index in [1.165, 1.54) is 6.34 Å². The molecule has 0 amide bonds. The van der Waals surface area contributed by atoms with Crippen molar-refractivity contribution in [3.8, 4) is 11.1 Å². The van der Waals surface area contributed by atoms with E-state index in [1.54, 1.807) is 18.5 Å². The van der Waals surface area contributed by atoms with Crippen molar-refractivity contribution in [3.05, 3.63) is 65.1 Å². The number of carbonyl (C=O) groups excluding carboxylic acids is 1. The van der Waals surface area contributed by atoms with E-state index in [1.807, 2.05) is 37.3 Å². The fourth-order valence-electron chi connectivity index (χ4n) is 1.97. The molecule has 0 unspecified atom stereocenters. The Morgan fingerprint density at radius 3 is 2.52 bits per heavy atom. The van der Waals surface area contributed by atoms with Crippen LogP contribution in [-0.4, -0.2) is 23.8 Å². The van der Waals surface area contributed by atoms with E-state index in [0.29, 0.717) is 10.7 Å². The monoisotopic (exact) mass is 325 g/mol. The molecule has 0 atom stereocenters. The van der Waals surface area contributed by atoms with Crippen LogP contribution in [0.5, 0.6) is 0 Å². The average Bonchev–Trinajstić information content (AvgIpc) is 2.56. The Morgan fingerprint density at radius 2 is 1.91 bits per heavy atom. The van der Waals surface area contributed by atoms with E-state index in [4.69, 9.17) is 11.6 Å². The minimum Gasteiger partial charge on any atom is -0.292 e. The normalized spacial score (nSPS) is 11.7. The highest BCUT2D eigenvalue weighted by Crippen LogP contribution is 2.21. The Hall–Kier alpha value is -2.59. The molecule has 4 nitrogen and oxygen atoms in total. The Bertz CT molecular complexity index is 747. The summed E-state index contributed by atoms with van der Waals surface area (Å²) in [6, 6.07) is 11.1. The molecular weight excluding hydrogens is 310 g/mol. The number of ketones is 1. The number of aliphatic imine (C=N–C) groups is 2. The summed E-state index contributed by atoms with van der Waals surface area (Å²) < 4.78 is 0. The zero-order valence-electron chi connectivity index (χ0n) is 12.7. The fraction of sp³-hybridized carbons (Fsp3) is 0.111. The van der Waals surface area contributed by atoms with E-state index >= 15 is 0 Å². The van der Waals surface area contributed by atoms with Crippen LogP contribution in [0.2, 0.25) is 5.02 Å². The molecule has 0 N–H and O–H groups in total. The molecule has 0 saturated heterocycles. The second-order valence-corrected chi connectivity index (χ2v) is 5.40. The summed E-state index contributed by atoms with van der Waals surface area (Å²) in [6.07, 6.45) is 4.87. The highest BCUT2D eigenvalue weighted by Gasteiger charge is 2.08. The molecule has 0 fully saturated rings. The first-order valence-corrected chi connectivity index (χ1v) is 7.36. The predicted molar refractivity (Wildman–Crippen MR) is 95.4 cm³/mol. The molecule has 5 heteroatoms. The van der Waals surface area contributed by atoms with Crippen molar-refractivity contribution in [2.75, 3.05) is 0 Å². The number of carbonyl (C=O) groups is 1. The minimum absolute atomic E-state index is 0.0526. The Morgan fingerprint density at radius 1 is 1.22 bits per heavy atom. The molecule has 0 radical (unpaired) electrons. The maximum atomic E-state index is 12.2. The van der Waals surface area contributed by atoms with Gasteiger partial charge in [0.15, 0.2) is 5.78 Å². The maximum Gasteiger partial charge on any atom is 0.185 e. The van der Waals surface area contributed by atoms with Gasteiger partial charge in [0.1, 0.15) is 12.0 Å². The fourth-order valence-corrected chi connectivity index (χ4v) is 2.10. The van der Waals surface area contributed by atoms with Crippen LogP contribution in [-0.2, 0) is 0 Å². The molecule has 0 aliphatic carbocycles. The molecule has 0 bridgehead atoms. The minimum atomic E-state index is -0.0526. The van der Waals surface area contributed by atoms with Crippen molar-refractivity contribution in [2.45, 2.75) is 13.3 Å². The van der Waals surface area contributed by atoms with Crippen LogP contribution in [0, 0.1) is 0 Å². The zero-order valence-corrected chi connectivity index (χ0v) is 13.5. The molecule has 0 spiro atoms. The van der Waals surface area contributed by atoms with Gasteiger partial charge in [0, 0.05) is 29.4 Å². The third kappa shape index (κ3) is 4.97. The van der Waals surface area contributed by atoms with Crippen molar-refractivity contribution >= 4 is 30.4 Å². The summed E-state index contributed by atoms with van der Waals surface area (Å²) in [5.41, 5.74) is 3.20. The summed E-state index contributed by atoms with van der Waals surface area (Å²) in [6.45, 7) is 5.12. The summed E-state index contributed by atoms with van der Waals surface area (Å²) in [7, 11) is 0. The van der Waals surface area contributed by atoms with Crippen molar-refractivity contribution in [3.63, 3.8) is 0 Å². The Balaban J connectivity index is 2.08. The highest BCUT2D eigenvalue weighted by molar-refractivity contribution is 6.30. The number of aromatic nitrogens is 1. The van der Waals surface area contributed by atoms with Crippen molar-refractivity contribution in [1.82, 2.24) is 4.98 Å². The number of allylic oxidation sites excluding steroid dienone is 1. The second-order valence-electron chi connectivity index (χ2n) is 4.96. The first kappa shape index (κ1) is 16.8. The number of nitrogens with zero attached hydrogens (tertiary/aromatic N) is 3. The van der Waals surface area contributed by atoms with Gasteiger partial charge in [-0.25, -0.2) is 4.99 Å². The second kappa shape index (κ2) is 8.15.